The number of nitrogens with zero attached hydrogens (tertiary/aromatic N) is 2. The summed E-state index contributed by atoms with van der Waals surface area (Å²) < 4.78 is 5.34. The molecule has 0 spiro atoms. The summed E-state index contributed by atoms with van der Waals surface area (Å²) in [6.45, 7) is 12.7. The lowest BCUT2D eigenvalue weighted by atomic mass is 10.2. The Balaban J connectivity index is 2.41. The number of hydrogen-bond donors (Lipinski definition) is 0. The molecule has 0 aromatic carbocycles. The van der Waals surface area contributed by atoms with Crippen molar-refractivity contribution < 1.29 is 9.53 Å². The van der Waals surface area contributed by atoms with Crippen LogP contribution in [0.1, 0.15) is 58.2 Å². The third-order valence-corrected chi connectivity index (χ3v) is 3.19. The Morgan fingerprint density at radius 1 is 1.27 bits per heavy atom. The molecule has 0 saturated carbocycles. The first kappa shape index (κ1) is 18.6. The largest absolute Gasteiger partial charge is 0.460 e. The Bertz CT molecular complexity index is 449. The first-order valence-corrected chi connectivity index (χ1v) is 8.16. The first-order valence-electron chi connectivity index (χ1n) is 8.16. The van der Waals surface area contributed by atoms with Crippen molar-refractivity contribution in [3.05, 3.63) is 29.6 Å². The molecule has 0 radical (unpaired) electrons. The van der Waals surface area contributed by atoms with E-state index in [0.717, 1.165) is 38.2 Å². The molecule has 0 bridgehead atoms. The van der Waals surface area contributed by atoms with Crippen molar-refractivity contribution in [2.45, 2.75) is 66.0 Å². The third kappa shape index (κ3) is 8.13. The topological polar surface area (TPSA) is 42.4 Å². The standard InChI is InChI=1S/C18H30N2O2/c1-6-11-20(14-16-10-9-15(2)19-13-16)12-7-8-17(21)22-18(3,4)5/h9-10,13H,6-8,11-12,14H2,1-5H3. The maximum Gasteiger partial charge on any atom is 0.306 e. The molecule has 0 atom stereocenters. The average Bonchev–Trinajstić information content (AvgIpc) is 2.39. The summed E-state index contributed by atoms with van der Waals surface area (Å²) in [4.78, 5) is 18.5. The second kappa shape index (κ2) is 8.89. The Labute approximate surface area is 134 Å². The lowest BCUT2D eigenvalue weighted by Gasteiger charge is -2.22. The van der Waals surface area contributed by atoms with Crippen molar-refractivity contribution in [2.24, 2.45) is 0 Å². The summed E-state index contributed by atoms with van der Waals surface area (Å²) in [6, 6.07) is 4.17. The normalized spacial score (nSPS) is 11.7. The molecule has 1 heterocycles. The van der Waals surface area contributed by atoms with Crippen LogP contribution in [-0.4, -0.2) is 34.5 Å². The second-order valence-corrected chi connectivity index (χ2v) is 6.77. The fourth-order valence-electron chi connectivity index (χ4n) is 2.28. The minimum atomic E-state index is -0.395. The van der Waals surface area contributed by atoms with Crippen molar-refractivity contribution >= 4 is 5.97 Å². The van der Waals surface area contributed by atoms with Gasteiger partial charge in [0.2, 0.25) is 0 Å². The van der Waals surface area contributed by atoms with E-state index in [4.69, 9.17) is 4.74 Å². The van der Waals surface area contributed by atoms with E-state index in [0.29, 0.717) is 6.42 Å². The number of esters is 1. The van der Waals surface area contributed by atoms with E-state index in [2.05, 4.69) is 22.9 Å². The van der Waals surface area contributed by atoms with E-state index in [9.17, 15) is 4.79 Å². The highest BCUT2D eigenvalue weighted by atomic mass is 16.6. The van der Waals surface area contributed by atoms with Gasteiger partial charge in [-0.05, 0) is 65.3 Å². The minimum Gasteiger partial charge on any atom is -0.460 e. The zero-order valence-corrected chi connectivity index (χ0v) is 14.7. The monoisotopic (exact) mass is 306 g/mol. The summed E-state index contributed by atoms with van der Waals surface area (Å²) in [5, 5.41) is 0. The SMILES string of the molecule is CCCN(CCCC(=O)OC(C)(C)C)Cc1ccc(C)nc1. The quantitative estimate of drug-likeness (QED) is 0.686. The lowest BCUT2D eigenvalue weighted by Crippen LogP contribution is -2.27. The number of aryl methyl sites for hydroxylation is 1. The summed E-state index contributed by atoms with van der Waals surface area (Å²) >= 11 is 0. The van der Waals surface area contributed by atoms with E-state index in [1.165, 1.54) is 5.56 Å². The third-order valence-electron chi connectivity index (χ3n) is 3.19. The summed E-state index contributed by atoms with van der Waals surface area (Å²) in [5.74, 6) is -0.110. The van der Waals surface area contributed by atoms with Gasteiger partial charge in [-0.2, -0.15) is 0 Å². The number of ether oxygens (including phenoxy) is 1. The van der Waals surface area contributed by atoms with Gasteiger partial charge < -0.3 is 4.74 Å². The molecule has 0 unspecified atom stereocenters. The van der Waals surface area contributed by atoms with Gasteiger partial charge in [-0.3, -0.25) is 14.7 Å². The maximum absolute atomic E-state index is 11.7. The molecule has 0 fully saturated rings. The molecule has 0 aliphatic carbocycles. The fraction of sp³-hybridized carbons (Fsp3) is 0.667. The van der Waals surface area contributed by atoms with Gasteiger partial charge in [-0.1, -0.05) is 13.0 Å². The van der Waals surface area contributed by atoms with Crippen molar-refractivity contribution in [1.29, 1.82) is 0 Å². The van der Waals surface area contributed by atoms with E-state index >= 15 is 0 Å². The molecule has 1 rings (SSSR count). The molecule has 0 amide bonds. The minimum absolute atomic E-state index is 0.110. The van der Waals surface area contributed by atoms with Crippen molar-refractivity contribution in [1.82, 2.24) is 9.88 Å². The molecule has 1 aromatic rings. The maximum atomic E-state index is 11.7. The van der Waals surface area contributed by atoms with Crippen LogP contribution in [0.3, 0.4) is 0 Å². The van der Waals surface area contributed by atoms with Gasteiger partial charge in [0.1, 0.15) is 5.60 Å². The summed E-state index contributed by atoms with van der Waals surface area (Å²) in [6.07, 6.45) is 4.34. The zero-order chi connectivity index (χ0) is 16.6. The number of aromatic nitrogens is 1. The van der Waals surface area contributed by atoms with Crippen LogP contribution >= 0.6 is 0 Å². The number of pyridine rings is 1. The van der Waals surface area contributed by atoms with Crippen LogP contribution in [0.15, 0.2) is 18.3 Å². The van der Waals surface area contributed by atoms with E-state index in [1.54, 1.807) is 0 Å². The zero-order valence-electron chi connectivity index (χ0n) is 14.7. The van der Waals surface area contributed by atoms with Crippen LogP contribution in [0.4, 0.5) is 0 Å². The van der Waals surface area contributed by atoms with Crippen LogP contribution in [-0.2, 0) is 16.1 Å². The number of hydrogen-bond acceptors (Lipinski definition) is 4. The molecule has 0 saturated heterocycles. The molecule has 124 valence electrons. The molecule has 4 heteroatoms. The first-order chi connectivity index (χ1) is 10.3. The van der Waals surface area contributed by atoms with Crippen molar-refractivity contribution in [3.63, 3.8) is 0 Å². The van der Waals surface area contributed by atoms with Gasteiger partial charge in [-0.15, -0.1) is 0 Å². The number of carbonyl (C=O) groups excluding carboxylic acids is 1. The number of rotatable bonds is 8. The number of carbonyl (C=O) groups is 1. The van der Waals surface area contributed by atoms with E-state index in [-0.39, 0.29) is 5.97 Å². The van der Waals surface area contributed by atoms with Crippen LogP contribution in [0, 0.1) is 6.92 Å². The molecule has 0 aliphatic heterocycles. The Kier molecular flexibility index (Phi) is 7.52. The predicted octanol–water partition coefficient (Wildman–Crippen LogP) is 3.72. The van der Waals surface area contributed by atoms with Crippen molar-refractivity contribution in [3.8, 4) is 0 Å². The van der Waals surface area contributed by atoms with Crippen molar-refractivity contribution in [2.75, 3.05) is 13.1 Å². The summed E-state index contributed by atoms with van der Waals surface area (Å²) in [5.41, 5.74) is 1.86. The Morgan fingerprint density at radius 2 is 2.00 bits per heavy atom. The highest BCUT2D eigenvalue weighted by molar-refractivity contribution is 5.69. The molecule has 4 nitrogen and oxygen atoms in total. The van der Waals surface area contributed by atoms with Gasteiger partial charge in [0.05, 0.1) is 0 Å². The van der Waals surface area contributed by atoms with Crippen LogP contribution in [0.25, 0.3) is 0 Å². The highest BCUT2D eigenvalue weighted by Gasteiger charge is 2.16. The van der Waals surface area contributed by atoms with Gasteiger partial charge in [0.15, 0.2) is 0 Å². The van der Waals surface area contributed by atoms with E-state index in [1.807, 2.05) is 40.0 Å². The molecule has 0 aliphatic rings. The molecular formula is C18H30N2O2. The van der Waals surface area contributed by atoms with Gasteiger partial charge in [0.25, 0.3) is 0 Å². The fourth-order valence-corrected chi connectivity index (χ4v) is 2.28. The smallest absolute Gasteiger partial charge is 0.306 e. The van der Waals surface area contributed by atoms with E-state index < -0.39 is 5.60 Å². The Morgan fingerprint density at radius 3 is 2.55 bits per heavy atom. The average molecular weight is 306 g/mol. The summed E-state index contributed by atoms with van der Waals surface area (Å²) in [7, 11) is 0. The molecular weight excluding hydrogens is 276 g/mol. The molecule has 0 N–H and O–H groups in total. The Hall–Kier alpha value is -1.42. The predicted molar refractivity (Wildman–Crippen MR) is 89.6 cm³/mol. The van der Waals surface area contributed by atoms with Gasteiger partial charge in [0, 0.05) is 24.9 Å². The van der Waals surface area contributed by atoms with Gasteiger partial charge >= 0.3 is 5.97 Å². The van der Waals surface area contributed by atoms with Crippen LogP contribution in [0.2, 0.25) is 0 Å². The molecule has 22 heavy (non-hydrogen) atoms. The second-order valence-electron chi connectivity index (χ2n) is 6.77. The lowest BCUT2D eigenvalue weighted by molar-refractivity contribution is -0.155. The molecule has 1 aromatic heterocycles. The van der Waals surface area contributed by atoms with Crippen LogP contribution < -0.4 is 0 Å². The highest BCUT2D eigenvalue weighted by Crippen LogP contribution is 2.11. The van der Waals surface area contributed by atoms with Crippen LogP contribution in [0.5, 0.6) is 0 Å². The van der Waals surface area contributed by atoms with Gasteiger partial charge in [-0.25, -0.2) is 0 Å².